The molecule has 0 rings (SSSR count). The Kier molecular flexibility index (Phi) is 13.1. The van der Waals surface area contributed by atoms with Crippen LogP contribution in [-0.2, 0) is 14.3 Å². The van der Waals surface area contributed by atoms with Gasteiger partial charge in [-0.15, -0.1) is 10.2 Å². The molecule has 0 aromatic heterocycles. The predicted molar refractivity (Wildman–Crippen MR) is 84.5 cm³/mol. The number of amidine groups is 2. The van der Waals surface area contributed by atoms with Crippen molar-refractivity contribution < 1.29 is 19.4 Å². The van der Waals surface area contributed by atoms with E-state index in [1.165, 1.54) is 0 Å². The smallest absolute Gasteiger partial charge is 0.220 e. The third-order valence-electron chi connectivity index (χ3n) is 2.35. The van der Waals surface area contributed by atoms with Gasteiger partial charge in [0.25, 0.3) is 0 Å². The summed E-state index contributed by atoms with van der Waals surface area (Å²) >= 11 is 0. The molecule has 0 saturated carbocycles. The molecule has 0 aliphatic heterocycles. The lowest BCUT2D eigenvalue weighted by Gasteiger charge is -2.06. The maximum absolute atomic E-state index is 11.5. The average molecular weight is 317 g/mol. The summed E-state index contributed by atoms with van der Waals surface area (Å²) in [6, 6.07) is 0. The van der Waals surface area contributed by atoms with Gasteiger partial charge in [0, 0.05) is 19.4 Å². The summed E-state index contributed by atoms with van der Waals surface area (Å²) in [6.07, 6.45) is 1.44. The summed E-state index contributed by atoms with van der Waals surface area (Å²) in [5.41, 5.74) is 10.9. The van der Waals surface area contributed by atoms with Crippen LogP contribution in [0.4, 0.5) is 0 Å². The molecule has 128 valence electrons. The van der Waals surface area contributed by atoms with E-state index < -0.39 is 0 Å². The minimum absolute atomic E-state index is 0.00343. The highest BCUT2D eigenvalue weighted by Gasteiger charge is 2.01. The average Bonchev–Trinajstić information content (AvgIpc) is 2.48. The molecule has 0 radical (unpaired) electrons. The summed E-state index contributed by atoms with van der Waals surface area (Å²) in [6.45, 7) is 3.65. The van der Waals surface area contributed by atoms with Crippen LogP contribution in [0.1, 0.15) is 26.2 Å². The molecule has 22 heavy (non-hydrogen) atoms. The number of rotatable bonds is 13. The number of ether oxygens (including phenoxy) is 2. The van der Waals surface area contributed by atoms with Crippen LogP contribution in [0.25, 0.3) is 0 Å². The summed E-state index contributed by atoms with van der Waals surface area (Å²) in [7, 11) is 0. The Morgan fingerprint density at radius 3 is 2.41 bits per heavy atom. The van der Waals surface area contributed by atoms with Crippen LogP contribution in [0.5, 0.6) is 0 Å². The Morgan fingerprint density at radius 1 is 1.09 bits per heavy atom. The largest absolute Gasteiger partial charge is 0.394 e. The standard InChI is InChI=1S/C13H27N5O4/c1-11(14)17-18-12(15)3-2-4-13(20)16-5-7-21-9-10-22-8-6-19/h19H,2-10H2,1H3,(H2,14,17)(H2,15,18)(H,16,20). The first-order valence-corrected chi connectivity index (χ1v) is 7.21. The van der Waals surface area contributed by atoms with Crippen LogP contribution in [0, 0.1) is 0 Å². The molecule has 0 saturated heterocycles. The third-order valence-corrected chi connectivity index (χ3v) is 2.35. The number of nitrogens with one attached hydrogen (secondary N) is 1. The molecule has 9 heteroatoms. The molecule has 9 nitrogen and oxygen atoms in total. The Balaban J connectivity index is 3.47. The van der Waals surface area contributed by atoms with Gasteiger partial charge in [0.15, 0.2) is 0 Å². The molecule has 0 heterocycles. The number of carbonyl (C=O) groups excluding carboxylic acids is 1. The van der Waals surface area contributed by atoms with Gasteiger partial charge in [0.05, 0.1) is 33.0 Å². The lowest BCUT2D eigenvalue weighted by Crippen LogP contribution is -2.27. The van der Waals surface area contributed by atoms with E-state index in [2.05, 4.69) is 15.5 Å². The number of nitrogens with two attached hydrogens (primary N) is 2. The first-order valence-electron chi connectivity index (χ1n) is 7.21. The zero-order valence-electron chi connectivity index (χ0n) is 13.1. The van der Waals surface area contributed by atoms with E-state index in [1.807, 2.05) is 0 Å². The SMILES string of the molecule is C/C(N)=N/N=C(\N)CCCC(=O)NCCOCCOCCO. The van der Waals surface area contributed by atoms with Gasteiger partial charge in [-0.2, -0.15) is 0 Å². The zero-order chi connectivity index (χ0) is 16.6. The number of aliphatic hydroxyl groups is 1. The number of hydrogen-bond donors (Lipinski definition) is 4. The van der Waals surface area contributed by atoms with Crippen LogP contribution in [0.2, 0.25) is 0 Å². The molecule has 0 fully saturated rings. The molecule has 1 amide bonds. The Bertz CT molecular complexity index is 356. The topological polar surface area (TPSA) is 145 Å². The minimum Gasteiger partial charge on any atom is -0.394 e. The van der Waals surface area contributed by atoms with Crippen LogP contribution in [0.3, 0.4) is 0 Å². The second kappa shape index (κ2) is 14.2. The maximum atomic E-state index is 11.5. The van der Waals surface area contributed by atoms with E-state index in [4.69, 9.17) is 26.0 Å². The van der Waals surface area contributed by atoms with Crippen molar-refractivity contribution in [1.29, 1.82) is 0 Å². The van der Waals surface area contributed by atoms with E-state index in [1.54, 1.807) is 6.92 Å². The summed E-state index contributed by atoms with van der Waals surface area (Å²) in [4.78, 5) is 11.5. The number of aliphatic hydroxyl groups excluding tert-OH is 1. The zero-order valence-corrected chi connectivity index (χ0v) is 13.1. The molecule has 0 spiro atoms. The molecule has 0 atom stereocenters. The lowest BCUT2D eigenvalue weighted by molar-refractivity contribution is -0.121. The lowest BCUT2D eigenvalue weighted by atomic mass is 10.2. The van der Waals surface area contributed by atoms with E-state index in [0.717, 1.165) is 0 Å². The number of hydrogen-bond acceptors (Lipinski definition) is 6. The number of nitrogens with zero attached hydrogens (tertiary/aromatic N) is 2. The first-order chi connectivity index (χ1) is 10.6. The van der Waals surface area contributed by atoms with E-state index in [-0.39, 0.29) is 12.5 Å². The molecule has 6 N–H and O–H groups in total. The van der Waals surface area contributed by atoms with Gasteiger partial charge in [-0.25, -0.2) is 0 Å². The molecule has 0 unspecified atom stereocenters. The van der Waals surface area contributed by atoms with Crippen molar-refractivity contribution in [3.05, 3.63) is 0 Å². The third kappa shape index (κ3) is 14.7. The van der Waals surface area contributed by atoms with Crippen molar-refractivity contribution in [1.82, 2.24) is 5.32 Å². The van der Waals surface area contributed by atoms with Gasteiger partial charge >= 0.3 is 0 Å². The predicted octanol–water partition coefficient (Wildman–Crippen LogP) is -1.05. The van der Waals surface area contributed by atoms with Gasteiger partial charge in [0.2, 0.25) is 5.91 Å². The fourth-order valence-electron chi connectivity index (χ4n) is 1.36. The normalized spacial score (nSPS) is 12.5. The monoisotopic (exact) mass is 317 g/mol. The van der Waals surface area contributed by atoms with Gasteiger partial charge in [0.1, 0.15) is 11.7 Å². The van der Waals surface area contributed by atoms with Crippen molar-refractivity contribution in [2.24, 2.45) is 21.7 Å². The summed E-state index contributed by atoms with van der Waals surface area (Å²) < 4.78 is 10.3. The molecule has 0 aliphatic rings. The van der Waals surface area contributed by atoms with Crippen LogP contribution < -0.4 is 16.8 Å². The van der Waals surface area contributed by atoms with Crippen molar-refractivity contribution in [3.63, 3.8) is 0 Å². The van der Waals surface area contributed by atoms with Crippen molar-refractivity contribution >= 4 is 17.6 Å². The van der Waals surface area contributed by atoms with Gasteiger partial charge in [-0.1, -0.05) is 0 Å². The number of amides is 1. The highest BCUT2D eigenvalue weighted by Crippen LogP contribution is 1.96. The molecular formula is C13H27N5O4. The van der Waals surface area contributed by atoms with Crippen molar-refractivity contribution in [2.75, 3.05) is 39.6 Å². The molecular weight excluding hydrogens is 290 g/mol. The number of carbonyl (C=O) groups is 1. The van der Waals surface area contributed by atoms with E-state index in [0.29, 0.717) is 63.9 Å². The van der Waals surface area contributed by atoms with Gasteiger partial charge < -0.3 is 31.4 Å². The van der Waals surface area contributed by atoms with Crippen LogP contribution >= 0.6 is 0 Å². The van der Waals surface area contributed by atoms with Crippen LogP contribution in [-0.4, -0.2) is 62.3 Å². The second-order valence-corrected chi connectivity index (χ2v) is 4.48. The molecule has 0 aromatic rings. The second-order valence-electron chi connectivity index (χ2n) is 4.48. The summed E-state index contributed by atoms with van der Waals surface area (Å²) in [5.74, 6) is 0.623. The maximum Gasteiger partial charge on any atom is 0.220 e. The van der Waals surface area contributed by atoms with Gasteiger partial charge in [-0.3, -0.25) is 4.79 Å². The fraction of sp³-hybridized carbons (Fsp3) is 0.769. The van der Waals surface area contributed by atoms with Crippen molar-refractivity contribution in [3.8, 4) is 0 Å². The van der Waals surface area contributed by atoms with E-state index in [9.17, 15) is 4.79 Å². The Morgan fingerprint density at radius 2 is 1.77 bits per heavy atom. The highest BCUT2D eigenvalue weighted by molar-refractivity contribution is 5.83. The van der Waals surface area contributed by atoms with Gasteiger partial charge in [-0.05, 0) is 13.3 Å². The highest BCUT2D eigenvalue weighted by atomic mass is 16.5. The molecule has 0 bridgehead atoms. The fourth-order valence-corrected chi connectivity index (χ4v) is 1.36. The van der Waals surface area contributed by atoms with Crippen LogP contribution in [0.15, 0.2) is 10.2 Å². The van der Waals surface area contributed by atoms with E-state index >= 15 is 0 Å². The Hall–Kier alpha value is -1.71. The molecule has 0 aromatic carbocycles. The quantitative estimate of drug-likeness (QED) is 0.148. The minimum atomic E-state index is -0.0635. The first kappa shape index (κ1) is 20.3. The van der Waals surface area contributed by atoms with Crippen molar-refractivity contribution in [2.45, 2.75) is 26.2 Å². The summed E-state index contributed by atoms with van der Waals surface area (Å²) in [5, 5.41) is 18.6. The Labute approximate surface area is 130 Å². The molecule has 0 aliphatic carbocycles.